The highest BCUT2D eigenvalue weighted by Crippen LogP contribution is 2.35. The van der Waals surface area contributed by atoms with Crippen LogP contribution in [0.2, 0.25) is 0 Å². The number of hydrogen-bond donors (Lipinski definition) is 2. The Bertz CT molecular complexity index is 855. The molecule has 2 saturated heterocycles. The van der Waals surface area contributed by atoms with Crippen LogP contribution >= 0.6 is 0 Å². The summed E-state index contributed by atoms with van der Waals surface area (Å²) in [4.78, 5) is 27.5. The summed E-state index contributed by atoms with van der Waals surface area (Å²) in [5.41, 5.74) is 1.63. The van der Waals surface area contributed by atoms with Crippen molar-refractivity contribution < 1.29 is 28.5 Å². The number of carbonyl (C=O) groups is 2. The van der Waals surface area contributed by atoms with Gasteiger partial charge in [0, 0.05) is 43.7 Å². The lowest BCUT2D eigenvalue weighted by molar-refractivity contribution is -0.184. The summed E-state index contributed by atoms with van der Waals surface area (Å²) >= 11 is 0. The average Bonchev–Trinajstić information content (AvgIpc) is 3.23. The third kappa shape index (κ3) is 4.53. The zero-order valence-corrected chi connectivity index (χ0v) is 17.9. The number of benzene rings is 1. The van der Waals surface area contributed by atoms with E-state index in [1.54, 1.807) is 0 Å². The molecule has 2 amide bonds. The molecule has 0 saturated carbocycles. The SMILES string of the molecule is CCOc1ccccc1[C@@H]1NC(=O)NC(CN2CCC3(CC2)OCCO3)=C1C(=O)OC. The maximum Gasteiger partial charge on any atom is 0.338 e. The summed E-state index contributed by atoms with van der Waals surface area (Å²) in [6, 6.07) is 6.35. The predicted molar refractivity (Wildman–Crippen MR) is 111 cm³/mol. The lowest BCUT2D eigenvalue weighted by Gasteiger charge is -2.39. The number of para-hydroxylation sites is 1. The minimum atomic E-state index is -0.670. The molecule has 0 aromatic heterocycles. The van der Waals surface area contributed by atoms with Crippen molar-refractivity contribution in [1.29, 1.82) is 0 Å². The molecular formula is C22H29N3O6. The van der Waals surface area contributed by atoms with E-state index >= 15 is 0 Å². The van der Waals surface area contributed by atoms with Gasteiger partial charge in [0.25, 0.3) is 0 Å². The van der Waals surface area contributed by atoms with Crippen molar-refractivity contribution in [3.8, 4) is 5.75 Å². The van der Waals surface area contributed by atoms with Crippen LogP contribution in [-0.2, 0) is 19.0 Å². The van der Waals surface area contributed by atoms with Crippen molar-refractivity contribution in [1.82, 2.24) is 15.5 Å². The number of nitrogens with zero attached hydrogens (tertiary/aromatic N) is 1. The smallest absolute Gasteiger partial charge is 0.338 e. The third-order valence-electron chi connectivity index (χ3n) is 5.90. The van der Waals surface area contributed by atoms with Gasteiger partial charge < -0.3 is 29.6 Å². The first-order valence-corrected chi connectivity index (χ1v) is 10.7. The van der Waals surface area contributed by atoms with Crippen molar-refractivity contribution in [3.05, 3.63) is 41.1 Å². The van der Waals surface area contributed by atoms with Crippen LogP contribution < -0.4 is 15.4 Å². The molecule has 1 aromatic carbocycles. The molecule has 1 atom stereocenters. The Morgan fingerprint density at radius 3 is 2.61 bits per heavy atom. The highest BCUT2D eigenvalue weighted by atomic mass is 16.7. The summed E-state index contributed by atoms with van der Waals surface area (Å²) in [6.07, 6.45) is 1.49. The first kappa shape index (κ1) is 21.6. The van der Waals surface area contributed by atoms with Gasteiger partial charge in [-0.1, -0.05) is 18.2 Å². The maximum absolute atomic E-state index is 12.8. The van der Waals surface area contributed by atoms with E-state index in [4.69, 9.17) is 18.9 Å². The fourth-order valence-corrected chi connectivity index (χ4v) is 4.39. The Kier molecular flexibility index (Phi) is 6.45. The number of methoxy groups -OCH3 is 1. The van der Waals surface area contributed by atoms with E-state index in [1.165, 1.54) is 7.11 Å². The van der Waals surface area contributed by atoms with Gasteiger partial charge in [0.15, 0.2) is 5.79 Å². The number of likely N-dealkylation sites (tertiary alicyclic amines) is 1. The summed E-state index contributed by atoms with van der Waals surface area (Å²) in [5, 5.41) is 5.68. The molecule has 1 spiro atoms. The van der Waals surface area contributed by atoms with E-state index in [2.05, 4.69) is 15.5 Å². The third-order valence-corrected chi connectivity index (χ3v) is 5.90. The fourth-order valence-electron chi connectivity index (χ4n) is 4.39. The largest absolute Gasteiger partial charge is 0.494 e. The number of amides is 2. The van der Waals surface area contributed by atoms with Crippen LogP contribution in [0.3, 0.4) is 0 Å². The zero-order chi connectivity index (χ0) is 21.8. The molecule has 1 aromatic rings. The van der Waals surface area contributed by atoms with Gasteiger partial charge in [0.1, 0.15) is 5.75 Å². The van der Waals surface area contributed by atoms with Crippen LogP contribution in [0.5, 0.6) is 5.75 Å². The number of piperidine rings is 1. The van der Waals surface area contributed by atoms with E-state index in [0.29, 0.717) is 48.9 Å². The fraction of sp³-hybridized carbons (Fsp3) is 0.545. The summed E-state index contributed by atoms with van der Waals surface area (Å²) in [7, 11) is 1.34. The van der Waals surface area contributed by atoms with Gasteiger partial charge in [-0.05, 0) is 13.0 Å². The topological polar surface area (TPSA) is 98.4 Å². The van der Waals surface area contributed by atoms with Crippen LogP contribution in [0.4, 0.5) is 4.79 Å². The molecule has 3 heterocycles. The number of hydrogen-bond acceptors (Lipinski definition) is 7. The van der Waals surface area contributed by atoms with Crippen molar-refractivity contribution in [2.24, 2.45) is 0 Å². The van der Waals surface area contributed by atoms with Crippen LogP contribution in [0.15, 0.2) is 35.5 Å². The Morgan fingerprint density at radius 1 is 1.23 bits per heavy atom. The van der Waals surface area contributed by atoms with E-state index in [0.717, 1.165) is 25.9 Å². The monoisotopic (exact) mass is 431 g/mol. The van der Waals surface area contributed by atoms with E-state index in [9.17, 15) is 9.59 Å². The number of urea groups is 1. The Labute approximate surface area is 181 Å². The molecule has 2 fully saturated rings. The average molecular weight is 431 g/mol. The highest BCUT2D eigenvalue weighted by Gasteiger charge is 2.41. The van der Waals surface area contributed by atoms with Gasteiger partial charge in [-0.15, -0.1) is 0 Å². The molecule has 168 valence electrons. The molecule has 31 heavy (non-hydrogen) atoms. The minimum Gasteiger partial charge on any atom is -0.494 e. The molecule has 9 nitrogen and oxygen atoms in total. The lowest BCUT2D eigenvalue weighted by atomic mass is 9.93. The minimum absolute atomic E-state index is 0.366. The van der Waals surface area contributed by atoms with Crippen molar-refractivity contribution >= 4 is 12.0 Å². The molecule has 4 rings (SSSR count). The zero-order valence-electron chi connectivity index (χ0n) is 17.9. The standard InChI is InChI=1S/C22H29N3O6/c1-3-29-17-7-5-4-6-15(17)19-18(20(26)28-2)16(23-21(27)24-19)14-25-10-8-22(9-11-25)30-12-13-31-22/h4-7,19H,3,8-14H2,1-2H3,(H2,23,24,27)/t19-/m0/s1. The first-order chi connectivity index (χ1) is 15.0. The molecule has 0 bridgehead atoms. The molecule has 9 heteroatoms. The van der Waals surface area contributed by atoms with Gasteiger partial charge in [-0.25, -0.2) is 9.59 Å². The van der Waals surface area contributed by atoms with Crippen LogP contribution in [0.1, 0.15) is 31.4 Å². The quantitative estimate of drug-likeness (QED) is 0.662. The molecule has 0 aliphatic carbocycles. The Morgan fingerprint density at radius 2 is 1.94 bits per heavy atom. The van der Waals surface area contributed by atoms with Crippen LogP contribution in [0, 0.1) is 0 Å². The second-order valence-corrected chi connectivity index (χ2v) is 7.77. The van der Waals surface area contributed by atoms with Crippen molar-refractivity contribution in [3.63, 3.8) is 0 Å². The number of rotatable bonds is 6. The second kappa shape index (κ2) is 9.25. The lowest BCUT2D eigenvalue weighted by Crippen LogP contribution is -2.51. The van der Waals surface area contributed by atoms with Gasteiger partial charge in [-0.2, -0.15) is 0 Å². The van der Waals surface area contributed by atoms with Gasteiger partial charge >= 0.3 is 12.0 Å². The Balaban J connectivity index is 1.62. The van der Waals surface area contributed by atoms with E-state index in [1.807, 2.05) is 31.2 Å². The number of nitrogens with one attached hydrogen (secondary N) is 2. The van der Waals surface area contributed by atoms with Crippen molar-refractivity contribution in [2.45, 2.75) is 31.6 Å². The number of ether oxygens (including phenoxy) is 4. The summed E-state index contributed by atoms with van der Waals surface area (Å²) < 4.78 is 22.4. The van der Waals surface area contributed by atoms with Gasteiger partial charge in [0.2, 0.25) is 0 Å². The molecular weight excluding hydrogens is 402 g/mol. The van der Waals surface area contributed by atoms with E-state index in [-0.39, 0.29) is 6.03 Å². The second-order valence-electron chi connectivity index (χ2n) is 7.77. The Hall–Kier alpha value is -2.62. The predicted octanol–water partition coefficient (Wildman–Crippen LogP) is 1.71. The molecule has 2 N–H and O–H groups in total. The molecule has 0 unspecified atom stereocenters. The highest BCUT2D eigenvalue weighted by molar-refractivity contribution is 5.95. The van der Waals surface area contributed by atoms with Crippen LogP contribution in [-0.4, -0.2) is 69.3 Å². The summed E-state index contributed by atoms with van der Waals surface area (Å²) in [5.74, 6) is -0.352. The number of carbonyl (C=O) groups excluding carboxylic acids is 2. The summed E-state index contributed by atoms with van der Waals surface area (Å²) in [6.45, 7) is 5.51. The van der Waals surface area contributed by atoms with Gasteiger partial charge in [0.05, 0.1) is 38.5 Å². The number of esters is 1. The molecule has 0 radical (unpaired) electrons. The van der Waals surface area contributed by atoms with Gasteiger partial charge in [-0.3, -0.25) is 4.90 Å². The molecule has 3 aliphatic rings. The maximum atomic E-state index is 12.8. The van der Waals surface area contributed by atoms with E-state index < -0.39 is 17.8 Å². The van der Waals surface area contributed by atoms with Crippen molar-refractivity contribution in [2.75, 3.05) is 46.6 Å². The molecule has 3 aliphatic heterocycles. The van der Waals surface area contributed by atoms with Crippen LogP contribution in [0.25, 0.3) is 0 Å². The first-order valence-electron chi connectivity index (χ1n) is 10.7. The normalized spacial score (nSPS) is 23.4.